The van der Waals surface area contributed by atoms with E-state index in [0.717, 1.165) is 18.4 Å². The number of rotatable bonds is 14. The monoisotopic (exact) mass is 596 g/mol. The third kappa shape index (κ3) is 7.60. The normalized spacial score (nSPS) is 16.7. The summed E-state index contributed by atoms with van der Waals surface area (Å²) in [6.45, 7) is 7.58. The number of carboxylic acids is 1. The van der Waals surface area contributed by atoms with Crippen LogP contribution in [0.4, 0.5) is 13.6 Å². The minimum atomic E-state index is -3.17. The predicted molar refractivity (Wildman–Crippen MR) is 152 cm³/mol. The lowest BCUT2D eigenvalue weighted by atomic mass is 9.73. The van der Waals surface area contributed by atoms with Gasteiger partial charge in [0.2, 0.25) is 0 Å². The number of hydrogen-bond donors (Lipinski definition) is 3. The lowest BCUT2D eigenvalue weighted by molar-refractivity contribution is -0.175. The van der Waals surface area contributed by atoms with E-state index in [-0.39, 0.29) is 23.9 Å². The number of aliphatic hydroxyl groups excluding tert-OH is 1. The summed E-state index contributed by atoms with van der Waals surface area (Å²) in [6, 6.07) is 9.95. The quantitative estimate of drug-likeness (QED) is 0.214. The van der Waals surface area contributed by atoms with Crippen molar-refractivity contribution in [3.05, 3.63) is 58.1 Å². The van der Waals surface area contributed by atoms with Gasteiger partial charge in [-0.1, -0.05) is 41.9 Å². The first-order chi connectivity index (χ1) is 19.4. The molecule has 0 aromatic heterocycles. The third-order valence-electron chi connectivity index (χ3n) is 7.27. The highest BCUT2D eigenvalue weighted by Crippen LogP contribution is 2.47. The van der Waals surface area contributed by atoms with Crippen LogP contribution in [0.2, 0.25) is 5.02 Å². The van der Waals surface area contributed by atoms with Gasteiger partial charge in [0, 0.05) is 24.9 Å². The summed E-state index contributed by atoms with van der Waals surface area (Å²) >= 11 is 6.81. The van der Waals surface area contributed by atoms with Crippen molar-refractivity contribution in [2.24, 2.45) is 0 Å². The van der Waals surface area contributed by atoms with Gasteiger partial charge in [0.1, 0.15) is 11.5 Å². The Bertz CT molecular complexity index is 1200. The summed E-state index contributed by atoms with van der Waals surface area (Å²) in [5.74, 6) is -4.12. The molecule has 3 N–H and O–H groups in total. The molecule has 0 heterocycles. The Morgan fingerprint density at radius 3 is 2.27 bits per heavy atom. The smallest absolute Gasteiger partial charge is 0.329 e. The van der Waals surface area contributed by atoms with Crippen molar-refractivity contribution >= 4 is 23.6 Å². The molecule has 3 rings (SSSR count). The van der Waals surface area contributed by atoms with Gasteiger partial charge in [-0.25, -0.2) is 18.4 Å². The average Bonchev–Trinajstić information content (AvgIpc) is 2.89. The molecular formula is C30H39ClF2N2O6. The number of unbranched alkanes of at least 4 members (excludes halogenated alkanes) is 1. The Kier molecular flexibility index (Phi) is 10.8. The van der Waals surface area contributed by atoms with Crippen LogP contribution in [0, 0.1) is 0 Å². The maximum Gasteiger partial charge on any atom is 0.329 e. The van der Waals surface area contributed by atoms with Crippen molar-refractivity contribution in [3.63, 3.8) is 0 Å². The Labute approximate surface area is 244 Å². The third-order valence-corrected chi connectivity index (χ3v) is 7.66. The van der Waals surface area contributed by atoms with E-state index < -0.39 is 48.4 Å². The van der Waals surface area contributed by atoms with Crippen molar-refractivity contribution < 1.29 is 38.1 Å². The van der Waals surface area contributed by atoms with Gasteiger partial charge >= 0.3 is 12.0 Å². The summed E-state index contributed by atoms with van der Waals surface area (Å²) in [5.41, 5.74) is -0.104. The Balaban J connectivity index is 1.96. The van der Waals surface area contributed by atoms with Crippen LogP contribution in [0.5, 0.6) is 11.5 Å². The molecule has 1 aliphatic carbocycles. The fourth-order valence-corrected chi connectivity index (χ4v) is 5.57. The van der Waals surface area contributed by atoms with E-state index >= 15 is 0 Å². The van der Waals surface area contributed by atoms with E-state index in [1.165, 1.54) is 4.90 Å². The number of urea groups is 1. The summed E-state index contributed by atoms with van der Waals surface area (Å²) in [6.07, 6.45) is -0.876. The lowest BCUT2D eigenvalue weighted by Gasteiger charge is -2.45. The minimum absolute atomic E-state index is 0.170. The zero-order chi connectivity index (χ0) is 30.4. The minimum Gasteiger partial charge on any atom is -0.493 e. The molecule has 41 heavy (non-hydrogen) atoms. The van der Waals surface area contributed by atoms with Gasteiger partial charge in [0.05, 0.1) is 35.9 Å². The van der Waals surface area contributed by atoms with Crippen molar-refractivity contribution in [3.8, 4) is 11.5 Å². The number of alkyl halides is 2. The number of nitrogens with one attached hydrogen (secondary N) is 1. The zero-order valence-electron chi connectivity index (χ0n) is 23.9. The zero-order valence-corrected chi connectivity index (χ0v) is 24.6. The molecule has 1 fully saturated rings. The van der Waals surface area contributed by atoms with Gasteiger partial charge < -0.3 is 29.9 Å². The van der Waals surface area contributed by atoms with Gasteiger partial charge in [-0.3, -0.25) is 0 Å². The number of amides is 2. The van der Waals surface area contributed by atoms with E-state index in [1.54, 1.807) is 33.8 Å². The van der Waals surface area contributed by atoms with Gasteiger partial charge in [0.15, 0.2) is 5.54 Å². The first kappa shape index (κ1) is 32.4. The molecule has 2 unspecified atom stereocenters. The Morgan fingerprint density at radius 2 is 1.73 bits per heavy atom. The number of halogens is 3. The molecule has 2 amide bonds. The number of aliphatic hydroxyl groups is 1. The predicted octanol–water partition coefficient (Wildman–Crippen LogP) is 6.54. The maximum atomic E-state index is 13.8. The Morgan fingerprint density at radius 1 is 1.10 bits per heavy atom. The van der Waals surface area contributed by atoms with Crippen LogP contribution < -0.4 is 14.8 Å². The number of benzene rings is 2. The van der Waals surface area contributed by atoms with E-state index in [0.29, 0.717) is 29.9 Å². The molecule has 1 saturated carbocycles. The van der Waals surface area contributed by atoms with Crippen LogP contribution in [0.1, 0.15) is 82.2 Å². The van der Waals surface area contributed by atoms with Crippen molar-refractivity contribution in [1.82, 2.24) is 10.2 Å². The molecule has 226 valence electrons. The van der Waals surface area contributed by atoms with E-state index in [9.17, 15) is 28.6 Å². The molecule has 2 aromatic rings. The highest BCUT2D eigenvalue weighted by Gasteiger charge is 2.62. The van der Waals surface area contributed by atoms with E-state index in [4.69, 9.17) is 21.1 Å². The standard InChI is InChI=1S/C30H39ClF2N2O6/c1-5-40-23-16-22(25(31)26(41-6-2)24(23)20(4)36)19(3)35(15-11-10-14-21-12-8-7-9-13-21)28(39)34-29(27(37)38)17-30(32,33)18-29/h7-9,12-13,16,19-20,36H,5-6,10-11,14-15,17-18H2,1-4H3,(H,34,39)(H,37,38). The largest absolute Gasteiger partial charge is 0.493 e. The highest BCUT2D eigenvalue weighted by atomic mass is 35.5. The molecule has 11 heteroatoms. The number of ether oxygens (including phenoxy) is 2. The summed E-state index contributed by atoms with van der Waals surface area (Å²) in [4.78, 5) is 27.0. The van der Waals surface area contributed by atoms with Crippen molar-refractivity contribution in [2.45, 2.75) is 83.4 Å². The number of aliphatic carboxylic acids is 1. The molecule has 2 aromatic carbocycles. The molecule has 0 saturated heterocycles. The number of aryl methyl sites for hydroxylation is 1. The topological polar surface area (TPSA) is 108 Å². The van der Waals surface area contributed by atoms with Crippen molar-refractivity contribution in [1.29, 1.82) is 0 Å². The first-order valence-corrected chi connectivity index (χ1v) is 14.3. The molecule has 0 spiro atoms. The molecule has 0 radical (unpaired) electrons. The number of carbonyl (C=O) groups is 2. The first-order valence-electron chi connectivity index (χ1n) is 13.9. The fourth-order valence-electron chi connectivity index (χ4n) is 5.20. The van der Waals surface area contributed by atoms with Gasteiger partial charge in [-0.15, -0.1) is 0 Å². The van der Waals surface area contributed by atoms with Crippen LogP contribution >= 0.6 is 11.6 Å². The van der Waals surface area contributed by atoms with E-state index in [1.807, 2.05) is 30.3 Å². The van der Waals surface area contributed by atoms with Crippen LogP contribution in [0.25, 0.3) is 0 Å². The fraction of sp³-hybridized carbons (Fsp3) is 0.533. The number of nitrogens with zero attached hydrogens (tertiary/aromatic N) is 1. The average molecular weight is 597 g/mol. The second kappa shape index (κ2) is 13.7. The van der Waals surface area contributed by atoms with Crippen molar-refractivity contribution in [2.75, 3.05) is 19.8 Å². The Hall–Kier alpha value is -3.11. The second-order valence-electron chi connectivity index (χ2n) is 10.4. The van der Waals surface area contributed by atoms with Crippen LogP contribution in [0.15, 0.2) is 36.4 Å². The molecule has 8 nitrogen and oxygen atoms in total. The molecule has 1 aliphatic rings. The summed E-state index contributed by atoms with van der Waals surface area (Å²) in [7, 11) is 0. The molecule has 2 atom stereocenters. The van der Waals surface area contributed by atoms with Gasteiger partial charge in [0.25, 0.3) is 5.92 Å². The lowest BCUT2D eigenvalue weighted by Crippen LogP contribution is -2.68. The maximum absolute atomic E-state index is 13.8. The highest BCUT2D eigenvalue weighted by molar-refractivity contribution is 6.33. The van der Waals surface area contributed by atoms with Gasteiger partial charge in [-0.2, -0.15) is 0 Å². The van der Waals surface area contributed by atoms with Crippen LogP contribution in [-0.2, 0) is 11.2 Å². The molecule has 0 aliphatic heterocycles. The van der Waals surface area contributed by atoms with E-state index in [2.05, 4.69) is 5.32 Å². The number of carbonyl (C=O) groups excluding carboxylic acids is 1. The number of carboxylic acid groups (broad SMARTS) is 1. The van der Waals surface area contributed by atoms with Gasteiger partial charge in [-0.05, 0) is 58.6 Å². The molecule has 0 bridgehead atoms. The molecular weight excluding hydrogens is 558 g/mol. The second-order valence-corrected chi connectivity index (χ2v) is 10.8. The SMILES string of the molecule is CCOc1cc(C(C)N(CCCCc2ccccc2)C(=O)NC2(C(=O)O)CC(F)(F)C2)c(Cl)c(OCC)c1C(C)O. The van der Waals surface area contributed by atoms with Crippen LogP contribution in [-0.4, -0.2) is 58.3 Å². The summed E-state index contributed by atoms with van der Waals surface area (Å²) in [5, 5.41) is 22.7. The van der Waals surface area contributed by atoms with Crippen LogP contribution in [0.3, 0.4) is 0 Å². The number of hydrogen-bond acceptors (Lipinski definition) is 5. The summed E-state index contributed by atoms with van der Waals surface area (Å²) < 4.78 is 39.2.